The zero-order valence-electron chi connectivity index (χ0n) is 12.8. The molecule has 1 amide bonds. The first-order valence-electron chi connectivity index (χ1n) is 6.98. The summed E-state index contributed by atoms with van der Waals surface area (Å²) in [6.07, 6.45) is 1.96. The average molecular weight is 318 g/mol. The van der Waals surface area contributed by atoms with Gasteiger partial charge < -0.3 is 10.6 Å². The number of amides is 1. The standard InChI is InChI=1S/C17H19FN2OS/c1-11-8-9-13(10-14(11)18)19-12(2)17(21)20-15-6-4-5-7-16(15)22-3/h4-10,12,19H,1-3H3,(H,20,21)/t12-/m0/s1. The highest BCUT2D eigenvalue weighted by atomic mass is 32.2. The molecule has 0 fully saturated rings. The van der Waals surface area contributed by atoms with E-state index >= 15 is 0 Å². The highest BCUT2D eigenvalue weighted by Crippen LogP contribution is 2.24. The molecule has 3 nitrogen and oxygen atoms in total. The summed E-state index contributed by atoms with van der Waals surface area (Å²) in [4.78, 5) is 13.3. The monoisotopic (exact) mass is 318 g/mol. The Morgan fingerprint density at radius 2 is 1.95 bits per heavy atom. The smallest absolute Gasteiger partial charge is 0.246 e. The lowest BCUT2D eigenvalue weighted by Crippen LogP contribution is -2.32. The van der Waals surface area contributed by atoms with Gasteiger partial charge in [0, 0.05) is 10.6 Å². The minimum atomic E-state index is -0.475. The third-order valence-electron chi connectivity index (χ3n) is 3.31. The summed E-state index contributed by atoms with van der Waals surface area (Å²) >= 11 is 1.57. The minimum absolute atomic E-state index is 0.164. The number of benzene rings is 2. The highest BCUT2D eigenvalue weighted by molar-refractivity contribution is 7.98. The van der Waals surface area contributed by atoms with Crippen molar-refractivity contribution in [2.24, 2.45) is 0 Å². The Morgan fingerprint density at radius 3 is 2.64 bits per heavy atom. The number of rotatable bonds is 5. The fourth-order valence-electron chi connectivity index (χ4n) is 1.99. The number of nitrogens with one attached hydrogen (secondary N) is 2. The molecule has 5 heteroatoms. The maximum absolute atomic E-state index is 13.5. The van der Waals surface area contributed by atoms with Gasteiger partial charge in [-0.15, -0.1) is 11.8 Å². The fourth-order valence-corrected chi connectivity index (χ4v) is 2.54. The lowest BCUT2D eigenvalue weighted by Gasteiger charge is -2.17. The predicted octanol–water partition coefficient (Wildman–Crippen LogP) is 4.30. The van der Waals surface area contributed by atoms with E-state index in [9.17, 15) is 9.18 Å². The van der Waals surface area contributed by atoms with Gasteiger partial charge in [-0.2, -0.15) is 0 Å². The lowest BCUT2D eigenvalue weighted by atomic mass is 10.2. The predicted molar refractivity (Wildman–Crippen MR) is 91.1 cm³/mol. The van der Waals surface area contributed by atoms with E-state index in [1.807, 2.05) is 30.5 Å². The van der Waals surface area contributed by atoms with Gasteiger partial charge in [0.2, 0.25) is 5.91 Å². The van der Waals surface area contributed by atoms with Crippen LogP contribution in [-0.2, 0) is 4.79 Å². The molecule has 0 radical (unpaired) electrons. The van der Waals surface area contributed by atoms with Crippen molar-refractivity contribution < 1.29 is 9.18 Å². The molecular formula is C17H19FN2OS. The molecule has 0 saturated carbocycles. The van der Waals surface area contributed by atoms with Crippen LogP contribution >= 0.6 is 11.8 Å². The van der Waals surface area contributed by atoms with Crippen LogP contribution in [0.15, 0.2) is 47.4 Å². The van der Waals surface area contributed by atoms with Crippen LogP contribution in [-0.4, -0.2) is 18.2 Å². The molecule has 2 N–H and O–H groups in total. The molecule has 0 heterocycles. The first-order valence-corrected chi connectivity index (χ1v) is 8.20. The Morgan fingerprint density at radius 1 is 1.23 bits per heavy atom. The summed E-state index contributed by atoms with van der Waals surface area (Å²) in [6.45, 7) is 3.45. The Kier molecular flexibility index (Phi) is 5.44. The summed E-state index contributed by atoms with van der Waals surface area (Å²) in [7, 11) is 0. The molecule has 22 heavy (non-hydrogen) atoms. The number of halogens is 1. The second-order valence-corrected chi connectivity index (χ2v) is 5.87. The molecule has 0 aliphatic rings. The molecule has 2 aromatic rings. The zero-order valence-corrected chi connectivity index (χ0v) is 13.6. The van der Waals surface area contributed by atoms with E-state index in [2.05, 4.69) is 10.6 Å². The van der Waals surface area contributed by atoms with Gasteiger partial charge in [-0.25, -0.2) is 4.39 Å². The largest absolute Gasteiger partial charge is 0.374 e. The quantitative estimate of drug-likeness (QED) is 0.808. The highest BCUT2D eigenvalue weighted by Gasteiger charge is 2.14. The van der Waals surface area contributed by atoms with Gasteiger partial charge in [-0.3, -0.25) is 4.79 Å². The van der Waals surface area contributed by atoms with Gasteiger partial charge in [0.25, 0.3) is 0 Å². The number of aryl methyl sites for hydroxylation is 1. The fraction of sp³-hybridized carbons (Fsp3) is 0.235. The van der Waals surface area contributed by atoms with E-state index in [4.69, 9.17) is 0 Å². The van der Waals surface area contributed by atoms with Crippen molar-refractivity contribution in [1.29, 1.82) is 0 Å². The molecule has 2 aromatic carbocycles. The van der Waals surface area contributed by atoms with E-state index in [1.54, 1.807) is 37.7 Å². The zero-order chi connectivity index (χ0) is 16.1. The number of anilines is 2. The van der Waals surface area contributed by atoms with E-state index < -0.39 is 6.04 Å². The molecule has 0 aliphatic heterocycles. The van der Waals surface area contributed by atoms with Crippen molar-refractivity contribution in [1.82, 2.24) is 0 Å². The molecule has 1 atom stereocenters. The van der Waals surface area contributed by atoms with Gasteiger partial charge in [0.05, 0.1) is 5.69 Å². The van der Waals surface area contributed by atoms with Crippen molar-refractivity contribution in [3.05, 3.63) is 53.8 Å². The molecule has 116 valence electrons. The lowest BCUT2D eigenvalue weighted by molar-refractivity contribution is -0.116. The van der Waals surface area contributed by atoms with Crippen LogP contribution in [0.4, 0.5) is 15.8 Å². The molecule has 0 bridgehead atoms. The summed E-state index contributed by atoms with van der Waals surface area (Å²) in [5, 5.41) is 5.90. The summed E-state index contributed by atoms with van der Waals surface area (Å²) in [6, 6.07) is 12.0. The van der Waals surface area contributed by atoms with E-state index in [0.717, 1.165) is 10.6 Å². The van der Waals surface area contributed by atoms with Crippen molar-refractivity contribution in [2.45, 2.75) is 24.8 Å². The third-order valence-corrected chi connectivity index (χ3v) is 4.11. The second-order valence-electron chi connectivity index (χ2n) is 5.02. The normalized spacial score (nSPS) is 11.8. The Balaban J connectivity index is 2.04. The van der Waals surface area contributed by atoms with Gasteiger partial charge in [0.1, 0.15) is 11.9 Å². The van der Waals surface area contributed by atoms with Gasteiger partial charge in [0.15, 0.2) is 0 Å². The summed E-state index contributed by atoms with van der Waals surface area (Å²) in [5.74, 6) is -0.451. The molecule has 0 saturated heterocycles. The first kappa shape index (κ1) is 16.4. The number of carbonyl (C=O) groups is 1. The van der Waals surface area contributed by atoms with Crippen LogP contribution in [0.5, 0.6) is 0 Å². The maximum atomic E-state index is 13.5. The first-order chi connectivity index (χ1) is 10.5. The van der Waals surface area contributed by atoms with E-state index in [0.29, 0.717) is 11.3 Å². The number of carbonyl (C=O) groups excluding carboxylic acids is 1. The van der Waals surface area contributed by atoms with Crippen LogP contribution < -0.4 is 10.6 Å². The number of hydrogen-bond donors (Lipinski definition) is 2. The second kappa shape index (κ2) is 7.31. The number of para-hydroxylation sites is 1. The molecule has 0 unspecified atom stereocenters. The molecule has 0 aromatic heterocycles. The molecule has 0 aliphatic carbocycles. The van der Waals surface area contributed by atoms with Crippen molar-refractivity contribution in [2.75, 3.05) is 16.9 Å². The topological polar surface area (TPSA) is 41.1 Å². The van der Waals surface area contributed by atoms with Crippen LogP contribution in [0.25, 0.3) is 0 Å². The number of hydrogen-bond acceptors (Lipinski definition) is 3. The van der Waals surface area contributed by atoms with Crippen LogP contribution in [0.1, 0.15) is 12.5 Å². The maximum Gasteiger partial charge on any atom is 0.246 e. The summed E-state index contributed by atoms with van der Waals surface area (Å²) in [5.41, 5.74) is 1.95. The van der Waals surface area contributed by atoms with Crippen LogP contribution in [0.3, 0.4) is 0 Å². The summed E-state index contributed by atoms with van der Waals surface area (Å²) < 4.78 is 13.5. The average Bonchev–Trinajstić information content (AvgIpc) is 2.51. The molecular weight excluding hydrogens is 299 g/mol. The SMILES string of the molecule is CSc1ccccc1NC(=O)[C@H](C)Nc1ccc(C)c(F)c1. The van der Waals surface area contributed by atoms with Gasteiger partial charge in [-0.05, 0) is 49.9 Å². The van der Waals surface area contributed by atoms with Crippen LogP contribution in [0.2, 0.25) is 0 Å². The number of thioether (sulfide) groups is 1. The molecule has 0 spiro atoms. The minimum Gasteiger partial charge on any atom is -0.374 e. The van der Waals surface area contributed by atoms with E-state index in [-0.39, 0.29) is 11.7 Å². The Hall–Kier alpha value is -2.01. The molecule has 2 rings (SSSR count). The van der Waals surface area contributed by atoms with E-state index in [1.165, 1.54) is 6.07 Å². The third kappa shape index (κ3) is 4.01. The van der Waals surface area contributed by atoms with Gasteiger partial charge >= 0.3 is 0 Å². The van der Waals surface area contributed by atoms with Crippen LogP contribution in [0, 0.1) is 12.7 Å². The van der Waals surface area contributed by atoms with Crippen molar-refractivity contribution in [3.63, 3.8) is 0 Å². The Labute approximate surface area is 134 Å². The van der Waals surface area contributed by atoms with Crippen molar-refractivity contribution in [3.8, 4) is 0 Å². The van der Waals surface area contributed by atoms with Gasteiger partial charge in [-0.1, -0.05) is 18.2 Å². The Bertz CT molecular complexity index is 675. The van der Waals surface area contributed by atoms with Crippen molar-refractivity contribution >= 4 is 29.0 Å².